The van der Waals surface area contributed by atoms with Crippen molar-refractivity contribution < 1.29 is 4.79 Å². The van der Waals surface area contributed by atoms with Crippen LogP contribution in [0, 0.1) is 11.8 Å². The third-order valence-corrected chi connectivity index (χ3v) is 5.29. The highest BCUT2D eigenvalue weighted by molar-refractivity contribution is 5.74. The van der Waals surface area contributed by atoms with Crippen molar-refractivity contribution in [3.8, 4) is 0 Å². The second kappa shape index (κ2) is 5.92. The molecule has 0 aromatic carbocycles. The number of carbonyl (C=O) groups is 1. The number of rotatable bonds is 3. The standard InChI is InChI=1S/C16H29N3O/c1-11-4-3-5-13(8-11)17-16(20)18-15-10-19(9-12(15)2)14-6-7-14/h11-15H,3-10H2,1-2H3,(H2,17,18,20). The number of carbonyl (C=O) groups excluding carboxylic acids is 1. The Hall–Kier alpha value is -0.770. The predicted octanol–water partition coefficient (Wildman–Crippen LogP) is 2.35. The van der Waals surface area contributed by atoms with Crippen LogP contribution in [0.2, 0.25) is 0 Å². The van der Waals surface area contributed by atoms with Crippen molar-refractivity contribution in [3.05, 3.63) is 0 Å². The summed E-state index contributed by atoms with van der Waals surface area (Å²) in [7, 11) is 0. The van der Waals surface area contributed by atoms with Gasteiger partial charge in [0.15, 0.2) is 0 Å². The predicted molar refractivity (Wildman–Crippen MR) is 80.6 cm³/mol. The Kier molecular flexibility index (Phi) is 4.20. The minimum absolute atomic E-state index is 0.0543. The number of hydrogen-bond acceptors (Lipinski definition) is 2. The molecule has 4 atom stereocenters. The van der Waals surface area contributed by atoms with Crippen molar-refractivity contribution >= 4 is 6.03 Å². The molecule has 2 N–H and O–H groups in total. The molecule has 0 aromatic rings. The molecule has 2 aliphatic carbocycles. The summed E-state index contributed by atoms with van der Waals surface area (Å²) in [6.07, 6.45) is 7.56. The molecule has 3 fully saturated rings. The van der Waals surface area contributed by atoms with Crippen LogP contribution in [-0.4, -0.2) is 42.1 Å². The molecule has 20 heavy (non-hydrogen) atoms. The fourth-order valence-electron chi connectivity index (χ4n) is 3.89. The molecule has 4 heteroatoms. The molecule has 0 radical (unpaired) electrons. The normalized spacial score (nSPS) is 38.7. The first-order valence-electron chi connectivity index (χ1n) is 8.43. The minimum Gasteiger partial charge on any atom is -0.335 e. The number of hydrogen-bond donors (Lipinski definition) is 2. The summed E-state index contributed by atoms with van der Waals surface area (Å²) in [6, 6.07) is 1.58. The Morgan fingerprint density at radius 2 is 1.85 bits per heavy atom. The van der Waals surface area contributed by atoms with E-state index in [2.05, 4.69) is 29.4 Å². The average molecular weight is 279 g/mol. The fourth-order valence-corrected chi connectivity index (χ4v) is 3.89. The van der Waals surface area contributed by atoms with Gasteiger partial charge in [0.1, 0.15) is 0 Å². The van der Waals surface area contributed by atoms with E-state index in [4.69, 9.17) is 0 Å². The van der Waals surface area contributed by atoms with Crippen molar-refractivity contribution in [2.45, 2.75) is 70.5 Å². The smallest absolute Gasteiger partial charge is 0.315 e. The molecule has 114 valence electrons. The number of likely N-dealkylation sites (tertiary alicyclic amines) is 1. The zero-order valence-electron chi connectivity index (χ0n) is 12.9. The summed E-state index contributed by atoms with van der Waals surface area (Å²) >= 11 is 0. The maximum absolute atomic E-state index is 12.2. The Bertz CT molecular complexity index is 356. The van der Waals surface area contributed by atoms with Gasteiger partial charge >= 0.3 is 6.03 Å². The van der Waals surface area contributed by atoms with E-state index in [1.807, 2.05) is 0 Å². The van der Waals surface area contributed by atoms with Crippen LogP contribution in [0.25, 0.3) is 0 Å². The highest BCUT2D eigenvalue weighted by atomic mass is 16.2. The van der Waals surface area contributed by atoms with E-state index in [1.54, 1.807) is 0 Å². The molecule has 0 bridgehead atoms. The lowest BCUT2D eigenvalue weighted by Crippen LogP contribution is -2.49. The topological polar surface area (TPSA) is 44.4 Å². The van der Waals surface area contributed by atoms with Crippen LogP contribution in [0.1, 0.15) is 52.4 Å². The molecule has 0 spiro atoms. The summed E-state index contributed by atoms with van der Waals surface area (Å²) in [5.41, 5.74) is 0. The zero-order chi connectivity index (χ0) is 14.1. The van der Waals surface area contributed by atoms with Crippen LogP contribution < -0.4 is 10.6 Å². The van der Waals surface area contributed by atoms with Crippen LogP contribution in [0.15, 0.2) is 0 Å². The first-order valence-corrected chi connectivity index (χ1v) is 8.43. The Morgan fingerprint density at radius 3 is 2.55 bits per heavy atom. The lowest BCUT2D eigenvalue weighted by molar-refractivity contribution is 0.221. The van der Waals surface area contributed by atoms with Crippen LogP contribution in [-0.2, 0) is 0 Å². The highest BCUT2D eigenvalue weighted by Crippen LogP contribution is 2.31. The summed E-state index contributed by atoms with van der Waals surface area (Å²) in [5.74, 6) is 1.33. The molecule has 3 rings (SSSR count). The van der Waals surface area contributed by atoms with Gasteiger partial charge in [0, 0.05) is 31.2 Å². The largest absolute Gasteiger partial charge is 0.335 e. The Labute approximate surface area is 122 Å². The third-order valence-electron chi connectivity index (χ3n) is 5.29. The molecule has 1 saturated heterocycles. The van der Waals surface area contributed by atoms with Crippen LogP contribution >= 0.6 is 0 Å². The van der Waals surface area contributed by atoms with E-state index in [0.29, 0.717) is 18.0 Å². The minimum atomic E-state index is 0.0543. The van der Waals surface area contributed by atoms with E-state index >= 15 is 0 Å². The second-order valence-corrected chi connectivity index (χ2v) is 7.36. The van der Waals surface area contributed by atoms with Gasteiger partial charge in [0.25, 0.3) is 0 Å². The molecule has 2 amide bonds. The van der Waals surface area contributed by atoms with Gasteiger partial charge in [-0.3, -0.25) is 4.90 Å². The first-order chi connectivity index (χ1) is 9.61. The van der Waals surface area contributed by atoms with E-state index in [-0.39, 0.29) is 6.03 Å². The maximum Gasteiger partial charge on any atom is 0.315 e. The number of nitrogens with zero attached hydrogens (tertiary/aromatic N) is 1. The van der Waals surface area contributed by atoms with Gasteiger partial charge in [0.05, 0.1) is 0 Å². The lowest BCUT2D eigenvalue weighted by atomic mass is 9.87. The van der Waals surface area contributed by atoms with Gasteiger partial charge in [-0.2, -0.15) is 0 Å². The second-order valence-electron chi connectivity index (χ2n) is 7.36. The van der Waals surface area contributed by atoms with Crippen molar-refractivity contribution in [2.75, 3.05) is 13.1 Å². The Balaban J connectivity index is 1.44. The van der Waals surface area contributed by atoms with E-state index in [0.717, 1.165) is 37.9 Å². The SMILES string of the molecule is CC1CCCC(NC(=O)NC2CN(C3CC3)CC2C)C1. The van der Waals surface area contributed by atoms with Gasteiger partial charge in [-0.05, 0) is 37.5 Å². The van der Waals surface area contributed by atoms with Gasteiger partial charge < -0.3 is 10.6 Å². The van der Waals surface area contributed by atoms with Crippen LogP contribution in [0.3, 0.4) is 0 Å². The number of amides is 2. The highest BCUT2D eigenvalue weighted by Gasteiger charge is 2.38. The van der Waals surface area contributed by atoms with Gasteiger partial charge in [-0.15, -0.1) is 0 Å². The summed E-state index contributed by atoms with van der Waals surface area (Å²) in [6.45, 7) is 6.74. The quantitative estimate of drug-likeness (QED) is 0.833. The molecular weight excluding hydrogens is 250 g/mol. The zero-order valence-corrected chi connectivity index (χ0v) is 12.9. The van der Waals surface area contributed by atoms with Crippen molar-refractivity contribution in [3.63, 3.8) is 0 Å². The Morgan fingerprint density at radius 1 is 1.05 bits per heavy atom. The molecule has 1 aliphatic heterocycles. The summed E-state index contributed by atoms with van der Waals surface area (Å²) in [5, 5.41) is 6.40. The summed E-state index contributed by atoms with van der Waals surface area (Å²) in [4.78, 5) is 14.7. The molecule has 0 aromatic heterocycles. The molecule has 4 unspecified atom stereocenters. The molecule has 2 saturated carbocycles. The lowest BCUT2D eigenvalue weighted by Gasteiger charge is -2.28. The molecule has 1 heterocycles. The molecule has 3 aliphatic rings. The van der Waals surface area contributed by atoms with Crippen molar-refractivity contribution in [2.24, 2.45) is 11.8 Å². The summed E-state index contributed by atoms with van der Waals surface area (Å²) < 4.78 is 0. The average Bonchev–Trinajstić information content (AvgIpc) is 3.16. The van der Waals surface area contributed by atoms with E-state index < -0.39 is 0 Å². The van der Waals surface area contributed by atoms with E-state index in [1.165, 1.54) is 25.7 Å². The number of urea groups is 1. The fraction of sp³-hybridized carbons (Fsp3) is 0.938. The van der Waals surface area contributed by atoms with Gasteiger partial charge in [-0.25, -0.2) is 4.79 Å². The van der Waals surface area contributed by atoms with Crippen LogP contribution in [0.4, 0.5) is 4.79 Å². The monoisotopic (exact) mass is 279 g/mol. The first kappa shape index (κ1) is 14.2. The van der Waals surface area contributed by atoms with Gasteiger partial charge in [-0.1, -0.05) is 26.7 Å². The van der Waals surface area contributed by atoms with Crippen LogP contribution in [0.5, 0.6) is 0 Å². The molecule has 4 nitrogen and oxygen atoms in total. The third kappa shape index (κ3) is 3.46. The van der Waals surface area contributed by atoms with E-state index in [9.17, 15) is 4.79 Å². The van der Waals surface area contributed by atoms with Gasteiger partial charge in [0.2, 0.25) is 0 Å². The van der Waals surface area contributed by atoms with Crippen molar-refractivity contribution in [1.29, 1.82) is 0 Å². The maximum atomic E-state index is 12.2. The molecular formula is C16H29N3O. The van der Waals surface area contributed by atoms with Crippen molar-refractivity contribution in [1.82, 2.24) is 15.5 Å². The number of nitrogens with one attached hydrogen (secondary N) is 2.